The van der Waals surface area contributed by atoms with Gasteiger partial charge < -0.3 is 5.73 Å². The molecule has 2 rings (SSSR count). The lowest BCUT2D eigenvalue weighted by atomic mass is 10.2. The molecule has 6 heteroatoms. The topological polar surface area (TPSA) is 72.2 Å². The van der Waals surface area contributed by atoms with Crippen LogP contribution in [0.2, 0.25) is 0 Å². The Balaban J connectivity index is 0.000000845. The van der Waals surface area contributed by atoms with Crippen LogP contribution in [0, 0.1) is 0 Å². The van der Waals surface area contributed by atoms with Gasteiger partial charge in [-0.3, -0.25) is 4.72 Å². The normalized spacial score (nSPS) is 16.9. The molecule has 0 fully saturated rings. The van der Waals surface area contributed by atoms with Crippen molar-refractivity contribution in [2.75, 3.05) is 10.5 Å². The first-order valence-corrected chi connectivity index (χ1v) is 5.11. The monoisotopic (exact) mass is 220 g/mol. The maximum Gasteiger partial charge on any atom is 0.237 e. The molecule has 0 saturated carbocycles. The highest BCUT2D eigenvalue weighted by molar-refractivity contribution is 7.92. The average molecular weight is 221 g/mol. The summed E-state index contributed by atoms with van der Waals surface area (Å²) in [6, 6.07) is 5.02. The highest BCUT2D eigenvalue weighted by Gasteiger charge is 2.22. The quantitative estimate of drug-likeness (QED) is 0.640. The van der Waals surface area contributed by atoms with Gasteiger partial charge in [-0.1, -0.05) is 0 Å². The molecular weight excluding hydrogens is 212 g/mol. The van der Waals surface area contributed by atoms with Gasteiger partial charge in [0.1, 0.15) is 0 Å². The molecule has 4 nitrogen and oxygen atoms in total. The molecule has 0 atom stereocenters. The maximum absolute atomic E-state index is 11.0. The molecule has 0 saturated heterocycles. The summed E-state index contributed by atoms with van der Waals surface area (Å²) in [5.41, 5.74) is 7.48. The van der Waals surface area contributed by atoms with Crippen molar-refractivity contribution in [3.63, 3.8) is 0 Å². The van der Waals surface area contributed by atoms with Gasteiger partial charge in [-0.15, -0.1) is 12.4 Å². The fourth-order valence-corrected chi connectivity index (χ4v) is 2.50. The third kappa shape index (κ3) is 1.87. The van der Waals surface area contributed by atoms with Crippen LogP contribution in [0.1, 0.15) is 5.56 Å². The van der Waals surface area contributed by atoms with Crippen LogP contribution in [-0.2, 0) is 15.8 Å². The third-order valence-corrected chi connectivity index (χ3v) is 2.96. The van der Waals surface area contributed by atoms with E-state index in [1.807, 2.05) is 0 Å². The second kappa shape index (κ2) is 3.08. The molecule has 1 aromatic carbocycles. The van der Waals surface area contributed by atoms with Gasteiger partial charge in [0.2, 0.25) is 10.0 Å². The van der Waals surface area contributed by atoms with E-state index < -0.39 is 10.0 Å². The lowest BCUT2D eigenvalue weighted by Crippen LogP contribution is -2.05. The maximum atomic E-state index is 11.0. The van der Waals surface area contributed by atoms with Crippen LogP contribution in [0.15, 0.2) is 18.2 Å². The van der Waals surface area contributed by atoms with Crippen LogP contribution in [0.5, 0.6) is 0 Å². The Hall–Kier alpha value is -0.940. The van der Waals surface area contributed by atoms with Crippen LogP contribution in [-0.4, -0.2) is 8.42 Å². The summed E-state index contributed by atoms with van der Waals surface area (Å²) >= 11 is 0. The van der Waals surface area contributed by atoms with E-state index in [0.29, 0.717) is 11.4 Å². The molecule has 1 heterocycles. The van der Waals surface area contributed by atoms with Crippen molar-refractivity contribution in [2.24, 2.45) is 0 Å². The minimum Gasteiger partial charge on any atom is -0.399 e. The SMILES string of the molecule is Cl.Nc1ccc2c(c1)CS(=O)(=O)N2. The largest absolute Gasteiger partial charge is 0.399 e. The van der Waals surface area contributed by atoms with Crippen molar-refractivity contribution in [3.8, 4) is 0 Å². The predicted octanol–water partition coefficient (Wildman–Crippen LogP) is 0.946. The molecule has 0 unspecified atom stereocenters. The van der Waals surface area contributed by atoms with Gasteiger partial charge >= 0.3 is 0 Å². The lowest BCUT2D eigenvalue weighted by Gasteiger charge is -1.97. The van der Waals surface area contributed by atoms with E-state index >= 15 is 0 Å². The van der Waals surface area contributed by atoms with E-state index in [0.717, 1.165) is 5.56 Å². The van der Waals surface area contributed by atoms with Crippen LogP contribution < -0.4 is 10.5 Å². The van der Waals surface area contributed by atoms with Gasteiger partial charge in [-0.05, 0) is 23.8 Å². The summed E-state index contributed by atoms with van der Waals surface area (Å²) in [7, 11) is -3.13. The summed E-state index contributed by atoms with van der Waals surface area (Å²) in [6.45, 7) is 0. The predicted molar refractivity (Wildman–Crippen MR) is 54.3 cm³/mol. The number of fused-ring (bicyclic) bond motifs is 1. The number of nitrogen functional groups attached to an aromatic ring is 1. The number of hydrogen-bond acceptors (Lipinski definition) is 3. The van der Waals surface area contributed by atoms with Crippen LogP contribution in [0.25, 0.3) is 0 Å². The molecule has 0 bridgehead atoms. The molecular formula is C7H9ClN2O2S. The van der Waals surface area contributed by atoms with Crippen molar-refractivity contribution in [3.05, 3.63) is 23.8 Å². The molecule has 0 radical (unpaired) electrons. The van der Waals surface area contributed by atoms with Gasteiger partial charge in [0.05, 0.1) is 11.4 Å². The fourth-order valence-electron chi connectivity index (χ4n) is 1.24. The standard InChI is InChI=1S/C7H8N2O2S.ClH/c8-6-1-2-7-5(3-6)4-12(10,11)9-7;/h1-3,9H,4,8H2;1H. The number of rotatable bonds is 0. The molecule has 0 aromatic heterocycles. The Morgan fingerprint density at radius 3 is 2.77 bits per heavy atom. The summed E-state index contributed by atoms with van der Waals surface area (Å²) < 4.78 is 24.5. The van der Waals surface area contributed by atoms with Crippen LogP contribution in [0.3, 0.4) is 0 Å². The van der Waals surface area contributed by atoms with Crippen molar-refractivity contribution in [1.29, 1.82) is 0 Å². The van der Waals surface area contributed by atoms with E-state index in [4.69, 9.17) is 5.73 Å². The Morgan fingerprint density at radius 1 is 1.38 bits per heavy atom. The summed E-state index contributed by atoms with van der Waals surface area (Å²) in [5, 5.41) is 0. The Morgan fingerprint density at radius 2 is 2.08 bits per heavy atom. The van der Waals surface area contributed by atoms with Crippen molar-refractivity contribution >= 4 is 33.8 Å². The molecule has 1 aliphatic rings. The van der Waals surface area contributed by atoms with Crippen molar-refractivity contribution in [2.45, 2.75) is 5.75 Å². The first-order valence-electron chi connectivity index (χ1n) is 3.46. The summed E-state index contributed by atoms with van der Waals surface area (Å²) in [4.78, 5) is 0. The molecule has 3 N–H and O–H groups in total. The lowest BCUT2D eigenvalue weighted by molar-refractivity contribution is 0.602. The first kappa shape index (κ1) is 10.1. The number of halogens is 1. The minimum atomic E-state index is -3.13. The van der Waals surface area contributed by atoms with Crippen LogP contribution in [0.4, 0.5) is 11.4 Å². The number of sulfonamides is 1. The summed E-state index contributed by atoms with van der Waals surface area (Å²) in [5.74, 6) is 0.0351. The van der Waals surface area contributed by atoms with Crippen molar-refractivity contribution < 1.29 is 8.42 Å². The smallest absolute Gasteiger partial charge is 0.237 e. The molecule has 1 aliphatic heterocycles. The number of nitrogens with one attached hydrogen (secondary N) is 1. The number of hydrogen-bond donors (Lipinski definition) is 2. The average Bonchev–Trinajstić information content (AvgIpc) is 2.21. The minimum absolute atomic E-state index is 0. The second-order valence-electron chi connectivity index (χ2n) is 2.78. The van der Waals surface area contributed by atoms with Gasteiger partial charge in [0.15, 0.2) is 0 Å². The summed E-state index contributed by atoms with van der Waals surface area (Å²) in [6.07, 6.45) is 0. The number of nitrogens with two attached hydrogens (primary N) is 1. The molecule has 0 aliphatic carbocycles. The fraction of sp³-hybridized carbons (Fsp3) is 0.143. The van der Waals surface area contributed by atoms with E-state index in [-0.39, 0.29) is 18.2 Å². The van der Waals surface area contributed by atoms with Gasteiger partial charge in [-0.25, -0.2) is 8.42 Å². The van der Waals surface area contributed by atoms with Gasteiger partial charge in [-0.2, -0.15) is 0 Å². The number of benzene rings is 1. The zero-order valence-electron chi connectivity index (χ0n) is 6.65. The highest BCUT2D eigenvalue weighted by Crippen LogP contribution is 2.28. The highest BCUT2D eigenvalue weighted by atomic mass is 35.5. The van der Waals surface area contributed by atoms with E-state index in [1.54, 1.807) is 18.2 Å². The Bertz CT molecular complexity index is 430. The molecule has 13 heavy (non-hydrogen) atoms. The molecule has 0 amide bonds. The van der Waals surface area contributed by atoms with E-state index in [9.17, 15) is 8.42 Å². The van der Waals surface area contributed by atoms with E-state index in [2.05, 4.69) is 4.72 Å². The second-order valence-corrected chi connectivity index (χ2v) is 4.50. The van der Waals surface area contributed by atoms with Gasteiger partial charge in [0.25, 0.3) is 0 Å². The zero-order valence-corrected chi connectivity index (χ0v) is 8.28. The zero-order chi connectivity index (χ0) is 8.77. The van der Waals surface area contributed by atoms with Crippen molar-refractivity contribution in [1.82, 2.24) is 0 Å². The third-order valence-electron chi connectivity index (χ3n) is 1.74. The Kier molecular flexibility index (Phi) is 2.40. The van der Waals surface area contributed by atoms with Gasteiger partial charge in [0, 0.05) is 5.69 Å². The van der Waals surface area contributed by atoms with Crippen LogP contribution >= 0.6 is 12.4 Å². The Labute approximate surface area is 82.6 Å². The molecule has 72 valence electrons. The first-order chi connectivity index (χ1) is 5.57. The molecule has 0 spiro atoms. The molecule has 1 aromatic rings. The number of anilines is 2. The van der Waals surface area contributed by atoms with E-state index in [1.165, 1.54) is 0 Å².